The smallest absolute Gasteiger partial charge is 0.410 e. The Hall–Kier alpha value is -2.65. The summed E-state index contributed by atoms with van der Waals surface area (Å²) in [5.74, 6) is 1.06. The number of likely N-dealkylation sites (tertiary alicyclic amines) is 1. The van der Waals surface area contributed by atoms with Crippen LogP contribution in [0.25, 0.3) is 0 Å². The van der Waals surface area contributed by atoms with Gasteiger partial charge in [0.25, 0.3) is 5.69 Å². The maximum Gasteiger partial charge on any atom is 0.410 e. The summed E-state index contributed by atoms with van der Waals surface area (Å²) in [4.78, 5) is 27.5. The number of amides is 1. The Kier molecular flexibility index (Phi) is 12.5. The van der Waals surface area contributed by atoms with Crippen LogP contribution in [0.1, 0.15) is 42.7 Å². The third-order valence-corrected chi connectivity index (χ3v) is 7.52. The average molecular weight is 566 g/mol. The molecule has 1 saturated carbocycles. The van der Waals surface area contributed by atoms with E-state index in [0.29, 0.717) is 23.9 Å². The highest BCUT2D eigenvalue weighted by Gasteiger charge is 2.36. The second-order valence-corrected chi connectivity index (χ2v) is 9.96. The Bertz CT molecular complexity index is 1030. The highest BCUT2D eigenvalue weighted by atomic mass is 35.5. The van der Waals surface area contributed by atoms with Crippen LogP contribution in [0.3, 0.4) is 0 Å². The number of piperidine rings is 1. The maximum absolute atomic E-state index is 12.9. The molecule has 1 amide bonds. The van der Waals surface area contributed by atoms with Gasteiger partial charge in [0.05, 0.1) is 4.92 Å². The Labute approximate surface area is 237 Å². The van der Waals surface area contributed by atoms with E-state index in [-0.39, 0.29) is 55.3 Å². The molecule has 8 nitrogen and oxygen atoms in total. The van der Waals surface area contributed by atoms with E-state index in [9.17, 15) is 14.9 Å². The zero-order valence-corrected chi connectivity index (χ0v) is 23.2. The molecule has 1 saturated heterocycles. The van der Waals surface area contributed by atoms with Gasteiger partial charge in [-0.3, -0.25) is 10.1 Å². The van der Waals surface area contributed by atoms with Gasteiger partial charge in [-0.25, -0.2) is 4.79 Å². The fraction of sp³-hybridized carbons (Fsp3) is 0.464. The Morgan fingerprint density at radius 1 is 1.11 bits per heavy atom. The molecule has 2 N–H and O–H groups in total. The number of nitro groups is 1. The molecule has 208 valence electrons. The molecule has 1 aliphatic heterocycles. The monoisotopic (exact) mass is 564 g/mol. The highest BCUT2D eigenvalue weighted by Crippen LogP contribution is 2.39. The topological polar surface area (TPSA) is 102 Å². The van der Waals surface area contributed by atoms with E-state index in [4.69, 9.17) is 10.5 Å². The lowest BCUT2D eigenvalue weighted by atomic mass is 9.88. The van der Waals surface area contributed by atoms with Gasteiger partial charge in [-0.1, -0.05) is 36.4 Å². The molecule has 38 heavy (non-hydrogen) atoms. The van der Waals surface area contributed by atoms with Gasteiger partial charge in [0.1, 0.15) is 6.61 Å². The Morgan fingerprint density at radius 2 is 1.76 bits per heavy atom. The van der Waals surface area contributed by atoms with Crippen molar-refractivity contribution in [2.24, 2.45) is 11.7 Å². The summed E-state index contributed by atoms with van der Waals surface area (Å²) in [6, 6.07) is 17.1. The molecule has 2 aliphatic rings. The number of ether oxygens (including phenoxy) is 1. The van der Waals surface area contributed by atoms with Crippen LogP contribution in [0.15, 0.2) is 67.3 Å². The number of nitrogens with two attached hydrogens (primary N) is 1. The molecule has 2 aromatic rings. The summed E-state index contributed by atoms with van der Waals surface area (Å²) >= 11 is 0. The van der Waals surface area contributed by atoms with Crippen LogP contribution in [-0.2, 0) is 11.3 Å². The number of nitro benzene ring substituents is 1. The summed E-state index contributed by atoms with van der Waals surface area (Å²) in [6.45, 7) is 7.21. The standard InChI is InChI=1S/C28H36N4O4.2ClH/c1-2-14-31(28(33)36-20-21-8-10-26(11-9-21)32(34)35)25-12-15-30(16-13-25)19-23-17-24(29)18-27(23)22-6-4-3-5-7-22;;/h2-11,23-25,27H,1,12-20,29H2;2*1H. The van der Waals surface area contributed by atoms with Crippen LogP contribution < -0.4 is 5.73 Å². The van der Waals surface area contributed by atoms with Crippen molar-refractivity contribution < 1.29 is 14.5 Å². The van der Waals surface area contributed by atoms with Crippen molar-refractivity contribution in [1.82, 2.24) is 9.80 Å². The summed E-state index contributed by atoms with van der Waals surface area (Å²) in [5.41, 5.74) is 8.48. The number of carbonyl (C=O) groups is 1. The molecule has 3 atom stereocenters. The van der Waals surface area contributed by atoms with Crippen LogP contribution in [0, 0.1) is 16.0 Å². The van der Waals surface area contributed by atoms with Gasteiger partial charge in [-0.05, 0) is 60.8 Å². The number of hydrogen-bond acceptors (Lipinski definition) is 6. The molecule has 0 aromatic heterocycles. The third-order valence-electron chi connectivity index (χ3n) is 7.52. The number of carbonyl (C=O) groups excluding carboxylic acids is 1. The second kappa shape index (κ2) is 15.1. The molecular weight excluding hydrogens is 527 g/mol. The minimum atomic E-state index is -0.448. The van der Waals surface area contributed by atoms with Crippen molar-refractivity contribution >= 4 is 36.6 Å². The number of nitrogens with zero attached hydrogens (tertiary/aromatic N) is 3. The number of benzene rings is 2. The number of hydrogen-bond donors (Lipinski definition) is 1. The number of rotatable bonds is 9. The third kappa shape index (κ3) is 8.17. The van der Waals surface area contributed by atoms with Gasteiger partial charge in [-0.15, -0.1) is 31.4 Å². The predicted octanol–water partition coefficient (Wildman–Crippen LogP) is 5.55. The lowest BCUT2D eigenvalue weighted by molar-refractivity contribution is -0.384. The van der Waals surface area contributed by atoms with E-state index in [2.05, 4.69) is 41.8 Å². The Balaban J connectivity index is 0.00000253. The van der Waals surface area contributed by atoms with E-state index in [1.54, 1.807) is 23.1 Å². The van der Waals surface area contributed by atoms with Crippen LogP contribution in [0.4, 0.5) is 10.5 Å². The quantitative estimate of drug-likeness (QED) is 0.243. The molecule has 2 aromatic carbocycles. The SMILES string of the molecule is C=CCN(C(=O)OCc1ccc([N+](=O)[O-])cc1)C1CCN(CC2CC(N)CC2c2ccccc2)CC1.Cl.Cl. The van der Waals surface area contributed by atoms with E-state index >= 15 is 0 Å². The molecule has 0 bridgehead atoms. The van der Waals surface area contributed by atoms with E-state index in [1.807, 2.05) is 0 Å². The first-order valence-corrected chi connectivity index (χ1v) is 12.7. The van der Waals surface area contributed by atoms with Crippen molar-refractivity contribution in [2.75, 3.05) is 26.2 Å². The fourth-order valence-corrected chi connectivity index (χ4v) is 5.68. The Morgan fingerprint density at radius 3 is 2.37 bits per heavy atom. The molecule has 1 aliphatic carbocycles. The minimum absolute atomic E-state index is 0. The zero-order valence-electron chi connectivity index (χ0n) is 21.5. The molecule has 4 rings (SSSR count). The second-order valence-electron chi connectivity index (χ2n) is 9.96. The predicted molar refractivity (Wildman–Crippen MR) is 154 cm³/mol. The molecular formula is C28H38Cl2N4O4. The van der Waals surface area contributed by atoms with Crippen molar-refractivity contribution in [1.29, 1.82) is 0 Å². The molecule has 1 heterocycles. The van der Waals surface area contributed by atoms with Gasteiger partial charge >= 0.3 is 6.09 Å². The molecule has 0 radical (unpaired) electrons. The highest BCUT2D eigenvalue weighted by molar-refractivity contribution is 5.85. The summed E-state index contributed by atoms with van der Waals surface area (Å²) in [7, 11) is 0. The molecule has 0 spiro atoms. The van der Waals surface area contributed by atoms with Crippen molar-refractivity contribution in [3.05, 3.63) is 88.5 Å². The minimum Gasteiger partial charge on any atom is -0.445 e. The first-order valence-electron chi connectivity index (χ1n) is 12.7. The zero-order chi connectivity index (χ0) is 25.5. The number of halogens is 2. The van der Waals surface area contributed by atoms with Gasteiger partial charge in [0.2, 0.25) is 0 Å². The van der Waals surface area contributed by atoms with Crippen molar-refractivity contribution in [3.63, 3.8) is 0 Å². The van der Waals surface area contributed by atoms with Gasteiger partial charge < -0.3 is 20.3 Å². The number of non-ortho nitro benzene ring substituents is 1. The maximum atomic E-state index is 12.9. The molecule has 2 fully saturated rings. The average Bonchev–Trinajstić information content (AvgIpc) is 3.27. The van der Waals surface area contributed by atoms with Crippen LogP contribution in [-0.4, -0.2) is 59.1 Å². The molecule has 3 unspecified atom stereocenters. The van der Waals surface area contributed by atoms with E-state index in [0.717, 1.165) is 45.3 Å². The van der Waals surface area contributed by atoms with Crippen LogP contribution in [0.5, 0.6) is 0 Å². The summed E-state index contributed by atoms with van der Waals surface area (Å²) in [6.07, 6.45) is 5.21. The summed E-state index contributed by atoms with van der Waals surface area (Å²) < 4.78 is 5.55. The van der Waals surface area contributed by atoms with E-state index < -0.39 is 4.92 Å². The van der Waals surface area contributed by atoms with E-state index in [1.165, 1.54) is 17.7 Å². The van der Waals surface area contributed by atoms with Gasteiger partial charge in [0.15, 0.2) is 0 Å². The van der Waals surface area contributed by atoms with Crippen molar-refractivity contribution in [3.8, 4) is 0 Å². The van der Waals surface area contributed by atoms with Crippen LogP contribution >= 0.6 is 24.8 Å². The molecule has 10 heteroatoms. The lowest BCUT2D eigenvalue weighted by Crippen LogP contribution is -2.48. The van der Waals surface area contributed by atoms with Crippen molar-refractivity contribution in [2.45, 2.75) is 50.3 Å². The largest absolute Gasteiger partial charge is 0.445 e. The van der Waals surface area contributed by atoms with Gasteiger partial charge in [-0.2, -0.15) is 0 Å². The normalized spacial score (nSPS) is 21.6. The van der Waals surface area contributed by atoms with Crippen LogP contribution in [0.2, 0.25) is 0 Å². The lowest BCUT2D eigenvalue weighted by Gasteiger charge is -2.39. The fourth-order valence-electron chi connectivity index (χ4n) is 5.68. The first-order chi connectivity index (χ1) is 17.4. The summed E-state index contributed by atoms with van der Waals surface area (Å²) in [5, 5.41) is 10.8. The van der Waals surface area contributed by atoms with Gasteiger partial charge in [0, 0.05) is 50.4 Å². The first kappa shape index (κ1) is 31.6.